The second kappa shape index (κ2) is 6.71. The summed E-state index contributed by atoms with van der Waals surface area (Å²) in [5.74, 6) is 1.97. The Morgan fingerprint density at radius 1 is 1.44 bits per heavy atom. The molecular weight excluding hydrogens is 202 g/mol. The van der Waals surface area contributed by atoms with Gasteiger partial charge in [-0.05, 0) is 45.7 Å². The number of aryl methyl sites for hydroxylation is 2. The maximum atomic E-state index is 9.38. The van der Waals surface area contributed by atoms with E-state index in [0.717, 1.165) is 43.9 Å². The highest BCUT2D eigenvalue weighted by Gasteiger charge is 2.04. The van der Waals surface area contributed by atoms with Crippen molar-refractivity contribution in [1.82, 2.24) is 5.32 Å². The number of rotatable bonds is 7. The third-order valence-electron chi connectivity index (χ3n) is 2.82. The average molecular weight is 225 g/mol. The van der Waals surface area contributed by atoms with Crippen molar-refractivity contribution in [3.05, 3.63) is 23.2 Å². The number of hydrogen-bond acceptors (Lipinski definition) is 3. The van der Waals surface area contributed by atoms with Gasteiger partial charge in [-0.3, -0.25) is 0 Å². The summed E-state index contributed by atoms with van der Waals surface area (Å²) >= 11 is 0. The van der Waals surface area contributed by atoms with Crippen molar-refractivity contribution < 1.29 is 9.52 Å². The highest BCUT2D eigenvalue weighted by atomic mass is 16.3. The van der Waals surface area contributed by atoms with Gasteiger partial charge in [0.25, 0.3) is 0 Å². The minimum absolute atomic E-state index is 0.139. The van der Waals surface area contributed by atoms with Crippen LogP contribution in [0.3, 0.4) is 0 Å². The van der Waals surface area contributed by atoms with Gasteiger partial charge in [-0.25, -0.2) is 0 Å². The van der Waals surface area contributed by atoms with Gasteiger partial charge in [-0.2, -0.15) is 0 Å². The summed E-state index contributed by atoms with van der Waals surface area (Å²) in [6.45, 7) is 7.76. The van der Waals surface area contributed by atoms with E-state index < -0.39 is 0 Å². The van der Waals surface area contributed by atoms with Gasteiger partial charge < -0.3 is 14.8 Å². The molecule has 0 fully saturated rings. The van der Waals surface area contributed by atoms with E-state index in [2.05, 4.69) is 11.4 Å². The van der Waals surface area contributed by atoms with Crippen molar-refractivity contribution in [2.75, 3.05) is 6.54 Å². The van der Waals surface area contributed by atoms with Gasteiger partial charge in [0.1, 0.15) is 11.5 Å². The summed E-state index contributed by atoms with van der Waals surface area (Å²) < 4.78 is 5.45. The molecule has 1 aromatic heterocycles. The van der Waals surface area contributed by atoms with E-state index in [4.69, 9.17) is 4.42 Å². The maximum Gasteiger partial charge on any atom is 0.105 e. The fourth-order valence-electron chi connectivity index (χ4n) is 1.75. The summed E-state index contributed by atoms with van der Waals surface area (Å²) in [4.78, 5) is 0. The van der Waals surface area contributed by atoms with Crippen molar-refractivity contribution >= 4 is 0 Å². The highest BCUT2D eigenvalue weighted by Crippen LogP contribution is 2.13. The smallest absolute Gasteiger partial charge is 0.105 e. The fraction of sp³-hybridized carbons (Fsp3) is 0.692. The molecule has 0 spiro atoms. The molecule has 3 nitrogen and oxygen atoms in total. The second-order valence-electron chi connectivity index (χ2n) is 4.32. The van der Waals surface area contributed by atoms with E-state index in [9.17, 15) is 5.11 Å². The third kappa shape index (κ3) is 4.37. The Hall–Kier alpha value is -0.800. The van der Waals surface area contributed by atoms with E-state index in [-0.39, 0.29) is 6.10 Å². The molecule has 0 bridgehead atoms. The molecule has 0 amide bonds. The molecule has 1 rings (SSSR count). The second-order valence-corrected chi connectivity index (χ2v) is 4.32. The molecule has 16 heavy (non-hydrogen) atoms. The van der Waals surface area contributed by atoms with Gasteiger partial charge in [0.05, 0.1) is 6.10 Å². The van der Waals surface area contributed by atoms with Crippen LogP contribution in [0.15, 0.2) is 10.5 Å². The molecule has 0 aliphatic rings. The molecule has 1 atom stereocenters. The van der Waals surface area contributed by atoms with Crippen LogP contribution in [0, 0.1) is 13.8 Å². The lowest BCUT2D eigenvalue weighted by Gasteiger charge is -2.07. The Morgan fingerprint density at radius 3 is 2.75 bits per heavy atom. The third-order valence-corrected chi connectivity index (χ3v) is 2.82. The minimum Gasteiger partial charge on any atom is -0.466 e. The minimum atomic E-state index is -0.139. The Labute approximate surface area is 97.9 Å². The van der Waals surface area contributed by atoms with Crippen LogP contribution in [-0.2, 0) is 6.54 Å². The Morgan fingerprint density at radius 2 is 2.19 bits per heavy atom. The number of hydrogen-bond donors (Lipinski definition) is 2. The molecule has 2 N–H and O–H groups in total. The largest absolute Gasteiger partial charge is 0.466 e. The Bertz CT molecular complexity index is 307. The topological polar surface area (TPSA) is 45.4 Å². The standard InChI is InChI=1S/C13H23NO2/c1-4-13(15)6-5-7-14-9-12-8-10(2)16-11(12)3/h8,13-15H,4-7,9H2,1-3H3. The first kappa shape index (κ1) is 13.3. The van der Waals surface area contributed by atoms with Crippen LogP contribution >= 0.6 is 0 Å². The van der Waals surface area contributed by atoms with Crippen LogP contribution in [0.1, 0.15) is 43.3 Å². The molecule has 0 aromatic carbocycles. The van der Waals surface area contributed by atoms with Crippen LogP contribution in [0.5, 0.6) is 0 Å². The van der Waals surface area contributed by atoms with Gasteiger partial charge in [0.15, 0.2) is 0 Å². The molecule has 0 saturated carbocycles. The molecule has 1 aromatic rings. The summed E-state index contributed by atoms with van der Waals surface area (Å²) in [6.07, 6.45) is 2.61. The summed E-state index contributed by atoms with van der Waals surface area (Å²) in [5.41, 5.74) is 1.23. The molecule has 0 aliphatic carbocycles. The van der Waals surface area contributed by atoms with Crippen molar-refractivity contribution in [2.45, 2.75) is 52.7 Å². The van der Waals surface area contributed by atoms with E-state index in [1.165, 1.54) is 5.56 Å². The van der Waals surface area contributed by atoms with E-state index in [1.54, 1.807) is 0 Å². The number of nitrogens with one attached hydrogen (secondary N) is 1. The lowest BCUT2D eigenvalue weighted by Crippen LogP contribution is -2.16. The SMILES string of the molecule is CCC(O)CCCNCc1cc(C)oc1C. The van der Waals surface area contributed by atoms with Gasteiger partial charge in [-0.1, -0.05) is 6.92 Å². The predicted octanol–water partition coefficient (Wildman–Crippen LogP) is 2.54. The maximum absolute atomic E-state index is 9.38. The quantitative estimate of drug-likeness (QED) is 0.701. The van der Waals surface area contributed by atoms with Gasteiger partial charge in [0.2, 0.25) is 0 Å². The van der Waals surface area contributed by atoms with Crippen LogP contribution in [0.2, 0.25) is 0 Å². The van der Waals surface area contributed by atoms with Crippen molar-refractivity contribution in [1.29, 1.82) is 0 Å². The van der Waals surface area contributed by atoms with Crippen molar-refractivity contribution in [3.8, 4) is 0 Å². The lowest BCUT2D eigenvalue weighted by atomic mass is 10.1. The Balaban J connectivity index is 2.14. The molecule has 0 saturated heterocycles. The van der Waals surface area contributed by atoms with Gasteiger partial charge in [0, 0.05) is 12.1 Å². The fourth-order valence-corrected chi connectivity index (χ4v) is 1.75. The average Bonchev–Trinajstić information content (AvgIpc) is 2.56. The van der Waals surface area contributed by atoms with E-state index >= 15 is 0 Å². The van der Waals surface area contributed by atoms with Crippen LogP contribution in [0.4, 0.5) is 0 Å². The summed E-state index contributed by atoms with van der Waals surface area (Å²) in [7, 11) is 0. The van der Waals surface area contributed by atoms with Crippen molar-refractivity contribution in [3.63, 3.8) is 0 Å². The molecular formula is C13H23NO2. The number of furan rings is 1. The van der Waals surface area contributed by atoms with Crippen LogP contribution in [0.25, 0.3) is 0 Å². The first-order valence-electron chi connectivity index (χ1n) is 6.08. The zero-order valence-corrected chi connectivity index (χ0v) is 10.5. The van der Waals surface area contributed by atoms with Crippen LogP contribution in [-0.4, -0.2) is 17.8 Å². The molecule has 0 radical (unpaired) electrons. The molecule has 92 valence electrons. The van der Waals surface area contributed by atoms with Crippen LogP contribution < -0.4 is 5.32 Å². The number of aliphatic hydroxyl groups is 1. The zero-order chi connectivity index (χ0) is 12.0. The van der Waals surface area contributed by atoms with Gasteiger partial charge >= 0.3 is 0 Å². The normalized spacial score (nSPS) is 13.0. The van der Waals surface area contributed by atoms with Crippen molar-refractivity contribution in [2.24, 2.45) is 0 Å². The first-order valence-corrected chi connectivity index (χ1v) is 6.08. The zero-order valence-electron chi connectivity index (χ0n) is 10.5. The molecule has 1 heterocycles. The number of aliphatic hydroxyl groups excluding tert-OH is 1. The summed E-state index contributed by atoms with van der Waals surface area (Å²) in [5, 5.41) is 12.7. The molecule has 0 aliphatic heterocycles. The summed E-state index contributed by atoms with van der Waals surface area (Å²) in [6, 6.07) is 2.07. The first-order chi connectivity index (χ1) is 7.63. The highest BCUT2D eigenvalue weighted by molar-refractivity contribution is 5.19. The Kier molecular flexibility index (Phi) is 5.56. The van der Waals surface area contributed by atoms with E-state index in [0.29, 0.717) is 0 Å². The molecule has 3 heteroatoms. The molecule has 1 unspecified atom stereocenters. The lowest BCUT2D eigenvalue weighted by molar-refractivity contribution is 0.157. The monoisotopic (exact) mass is 225 g/mol. The van der Waals surface area contributed by atoms with Gasteiger partial charge in [-0.15, -0.1) is 0 Å². The van der Waals surface area contributed by atoms with E-state index in [1.807, 2.05) is 20.8 Å². The predicted molar refractivity (Wildman–Crippen MR) is 65.4 cm³/mol.